The summed E-state index contributed by atoms with van der Waals surface area (Å²) in [6, 6.07) is 9.02. The molecule has 3 rings (SSSR count). The van der Waals surface area contributed by atoms with E-state index in [1.807, 2.05) is 0 Å². The molecule has 0 amide bonds. The topological polar surface area (TPSA) is 36.8 Å². The smallest absolute Gasteiger partial charge is 0.0757 e. The zero-order valence-corrected chi connectivity index (χ0v) is 9.39. The van der Waals surface area contributed by atoms with Gasteiger partial charge in [0.25, 0.3) is 0 Å². The van der Waals surface area contributed by atoms with Crippen LogP contribution >= 0.6 is 0 Å². The summed E-state index contributed by atoms with van der Waals surface area (Å²) < 4.78 is 0. The number of rotatable bonds is 1. The molecule has 0 saturated carbocycles. The van der Waals surface area contributed by atoms with Crippen molar-refractivity contribution in [1.29, 1.82) is 0 Å². The number of hydrogen-bond acceptors (Lipinski definition) is 3. The van der Waals surface area contributed by atoms with Crippen LogP contribution < -0.4 is 5.32 Å². The van der Waals surface area contributed by atoms with Gasteiger partial charge in [0, 0.05) is 18.2 Å². The van der Waals surface area contributed by atoms with Crippen LogP contribution in [0.3, 0.4) is 0 Å². The Bertz CT molecular complexity index is 400. The van der Waals surface area contributed by atoms with Crippen LogP contribution in [0.25, 0.3) is 0 Å². The highest BCUT2D eigenvalue weighted by molar-refractivity contribution is 5.53. The van der Waals surface area contributed by atoms with Crippen molar-refractivity contribution in [2.75, 3.05) is 18.4 Å². The van der Waals surface area contributed by atoms with Crippen LogP contribution in [0.4, 0.5) is 5.69 Å². The normalized spacial score (nSPS) is 28.2. The summed E-state index contributed by atoms with van der Waals surface area (Å²) in [5.74, 6) is 0.624. The first-order valence-corrected chi connectivity index (χ1v) is 6.12. The van der Waals surface area contributed by atoms with Gasteiger partial charge in [0.05, 0.1) is 12.6 Å². The number of anilines is 1. The fraction of sp³-hybridized carbons (Fsp3) is 0.538. The molecule has 2 heterocycles. The van der Waals surface area contributed by atoms with E-state index in [1.54, 1.807) is 0 Å². The van der Waals surface area contributed by atoms with Crippen molar-refractivity contribution in [2.45, 2.75) is 25.3 Å². The zero-order valence-electron chi connectivity index (χ0n) is 9.39. The second-order valence-corrected chi connectivity index (χ2v) is 4.69. The third-order valence-electron chi connectivity index (χ3n) is 3.59. The van der Waals surface area contributed by atoms with Gasteiger partial charge >= 0.3 is 0 Å². The lowest BCUT2D eigenvalue weighted by Gasteiger charge is -2.30. The Morgan fingerprint density at radius 3 is 3.06 bits per heavy atom. The van der Waals surface area contributed by atoms with Crippen molar-refractivity contribution < 1.29 is 0 Å². The van der Waals surface area contributed by atoms with Crippen molar-refractivity contribution in [3.05, 3.63) is 29.8 Å². The third kappa shape index (κ3) is 1.82. The van der Waals surface area contributed by atoms with Crippen LogP contribution in [0.5, 0.6) is 0 Å². The number of nitrogens with zero attached hydrogens (tertiary/aromatic N) is 2. The van der Waals surface area contributed by atoms with Gasteiger partial charge in [-0.1, -0.05) is 18.2 Å². The molecule has 3 nitrogen and oxygen atoms in total. The predicted octanol–water partition coefficient (Wildman–Crippen LogP) is 2.89. The maximum atomic E-state index is 4.41. The minimum absolute atomic E-state index is 0.439. The Morgan fingerprint density at radius 1 is 1.25 bits per heavy atom. The Hall–Kier alpha value is -1.38. The lowest BCUT2D eigenvalue weighted by Crippen LogP contribution is -2.32. The van der Waals surface area contributed by atoms with E-state index in [0.29, 0.717) is 12.0 Å². The Morgan fingerprint density at radius 2 is 2.19 bits per heavy atom. The Labute approximate surface area is 96.0 Å². The van der Waals surface area contributed by atoms with E-state index in [-0.39, 0.29) is 0 Å². The first-order valence-electron chi connectivity index (χ1n) is 6.12. The molecule has 1 aromatic rings. The monoisotopic (exact) mass is 215 g/mol. The number of fused-ring (bicyclic) bond motifs is 1. The molecule has 0 bridgehead atoms. The lowest BCUT2D eigenvalue weighted by atomic mass is 9.86. The molecule has 2 aliphatic rings. The second kappa shape index (κ2) is 4.24. The largest absolute Gasteiger partial charge is 0.384 e. The molecular weight excluding hydrogens is 198 g/mol. The van der Waals surface area contributed by atoms with Crippen LogP contribution in [0.15, 0.2) is 34.5 Å². The summed E-state index contributed by atoms with van der Waals surface area (Å²) in [6.45, 7) is 1.97. The van der Waals surface area contributed by atoms with E-state index in [4.69, 9.17) is 0 Å². The molecular formula is C13H17N3. The quantitative estimate of drug-likeness (QED) is 0.768. The molecule has 2 unspecified atom stereocenters. The Kier molecular flexibility index (Phi) is 2.60. The highest BCUT2D eigenvalue weighted by Gasteiger charge is 2.26. The predicted molar refractivity (Wildman–Crippen MR) is 64.9 cm³/mol. The van der Waals surface area contributed by atoms with Gasteiger partial charge in [-0.3, -0.25) is 0 Å². The van der Waals surface area contributed by atoms with E-state index in [2.05, 4.69) is 39.8 Å². The molecule has 84 valence electrons. The third-order valence-corrected chi connectivity index (χ3v) is 3.59. The van der Waals surface area contributed by atoms with Gasteiger partial charge in [-0.2, -0.15) is 10.2 Å². The maximum Gasteiger partial charge on any atom is 0.0757 e. The van der Waals surface area contributed by atoms with Crippen molar-refractivity contribution in [3.63, 3.8) is 0 Å². The average Bonchev–Trinajstić information content (AvgIpc) is 2.39. The fourth-order valence-corrected chi connectivity index (χ4v) is 2.66. The van der Waals surface area contributed by atoms with Crippen molar-refractivity contribution in [1.82, 2.24) is 0 Å². The average molecular weight is 215 g/mol. The minimum Gasteiger partial charge on any atom is -0.384 e. The van der Waals surface area contributed by atoms with Crippen LogP contribution in [-0.2, 0) is 6.42 Å². The first-order chi connectivity index (χ1) is 7.93. The van der Waals surface area contributed by atoms with Crippen LogP contribution in [0, 0.1) is 5.92 Å². The standard InChI is InChI=1S/C13H17N3/c1-2-5-12-10(4-1)8-11(9-14-12)13-6-3-7-15-16-13/h1-2,4-5,11,13-14H,3,6-9H2. The van der Waals surface area contributed by atoms with E-state index in [0.717, 1.165) is 19.5 Å². The first kappa shape index (κ1) is 9.82. The molecule has 1 N–H and O–H groups in total. The fourth-order valence-electron chi connectivity index (χ4n) is 2.66. The molecule has 16 heavy (non-hydrogen) atoms. The van der Waals surface area contributed by atoms with Crippen molar-refractivity contribution >= 4 is 5.69 Å². The molecule has 0 aliphatic carbocycles. The molecule has 0 aromatic heterocycles. The summed E-state index contributed by atoms with van der Waals surface area (Å²) in [6.07, 6.45) is 3.55. The lowest BCUT2D eigenvalue weighted by molar-refractivity contribution is 0.367. The summed E-state index contributed by atoms with van der Waals surface area (Å²) in [5, 5.41) is 12.1. The van der Waals surface area contributed by atoms with E-state index < -0.39 is 0 Å². The molecule has 1 aromatic carbocycles. The molecule has 2 aliphatic heterocycles. The van der Waals surface area contributed by atoms with Gasteiger partial charge in [-0.25, -0.2) is 0 Å². The van der Waals surface area contributed by atoms with Gasteiger partial charge in [0.2, 0.25) is 0 Å². The molecule has 0 saturated heterocycles. The van der Waals surface area contributed by atoms with Gasteiger partial charge in [-0.05, 0) is 30.9 Å². The second-order valence-electron chi connectivity index (χ2n) is 4.69. The Balaban J connectivity index is 1.77. The summed E-state index contributed by atoms with van der Waals surface area (Å²) in [4.78, 5) is 0. The van der Waals surface area contributed by atoms with E-state index >= 15 is 0 Å². The van der Waals surface area contributed by atoms with E-state index in [9.17, 15) is 0 Å². The summed E-state index contributed by atoms with van der Waals surface area (Å²) >= 11 is 0. The van der Waals surface area contributed by atoms with Crippen molar-refractivity contribution in [2.24, 2.45) is 16.1 Å². The highest BCUT2D eigenvalue weighted by atomic mass is 15.1. The highest BCUT2D eigenvalue weighted by Crippen LogP contribution is 2.29. The van der Waals surface area contributed by atoms with Crippen LogP contribution in [0.1, 0.15) is 18.4 Å². The van der Waals surface area contributed by atoms with Gasteiger partial charge < -0.3 is 5.32 Å². The van der Waals surface area contributed by atoms with Crippen molar-refractivity contribution in [3.8, 4) is 0 Å². The molecule has 2 atom stereocenters. The maximum absolute atomic E-state index is 4.41. The molecule has 0 fully saturated rings. The SMILES string of the molecule is c1ccc2c(c1)CC(C1CCCN=N1)CN2. The number of para-hydroxylation sites is 1. The van der Waals surface area contributed by atoms with Gasteiger partial charge in [0.1, 0.15) is 0 Å². The summed E-state index contributed by atoms with van der Waals surface area (Å²) in [5.41, 5.74) is 2.73. The van der Waals surface area contributed by atoms with Gasteiger partial charge in [0.15, 0.2) is 0 Å². The zero-order chi connectivity index (χ0) is 10.8. The van der Waals surface area contributed by atoms with E-state index in [1.165, 1.54) is 24.1 Å². The van der Waals surface area contributed by atoms with Gasteiger partial charge in [-0.15, -0.1) is 0 Å². The minimum atomic E-state index is 0.439. The molecule has 0 spiro atoms. The molecule has 3 heteroatoms. The number of benzene rings is 1. The molecule has 0 radical (unpaired) electrons. The number of nitrogens with one attached hydrogen (secondary N) is 1. The van der Waals surface area contributed by atoms with Crippen LogP contribution in [-0.4, -0.2) is 19.1 Å². The van der Waals surface area contributed by atoms with Crippen LogP contribution in [0.2, 0.25) is 0 Å². The summed E-state index contributed by atoms with van der Waals surface area (Å²) in [7, 11) is 0. The number of azo groups is 1. The number of hydrogen-bond donors (Lipinski definition) is 1.